The third-order valence-electron chi connectivity index (χ3n) is 2.06. The highest BCUT2D eigenvalue weighted by Crippen LogP contribution is 2.25. The zero-order chi connectivity index (χ0) is 10.8. The molecule has 0 radical (unpaired) electrons. The number of aryl methyl sites for hydroxylation is 1. The summed E-state index contributed by atoms with van der Waals surface area (Å²) in [6, 6.07) is 3.62. The fourth-order valence-corrected chi connectivity index (χ4v) is 1.51. The Morgan fingerprint density at radius 3 is 2.93 bits per heavy atom. The van der Waals surface area contributed by atoms with Crippen LogP contribution in [0.15, 0.2) is 24.5 Å². The van der Waals surface area contributed by atoms with Gasteiger partial charge in [0.2, 0.25) is 0 Å². The summed E-state index contributed by atoms with van der Waals surface area (Å²) >= 11 is 5.91. The van der Waals surface area contributed by atoms with E-state index in [9.17, 15) is 4.79 Å². The Hall–Kier alpha value is -1.68. The Kier molecular flexibility index (Phi) is 2.51. The lowest BCUT2D eigenvalue weighted by Gasteiger charge is -1.95. The maximum atomic E-state index is 10.9. The first-order valence-corrected chi connectivity index (χ1v) is 4.70. The van der Waals surface area contributed by atoms with Crippen molar-refractivity contribution >= 4 is 17.9 Å². The molecule has 0 aliphatic heterocycles. The van der Waals surface area contributed by atoms with E-state index in [1.807, 2.05) is 6.07 Å². The van der Waals surface area contributed by atoms with Gasteiger partial charge >= 0.3 is 0 Å². The summed E-state index contributed by atoms with van der Waals surface area (Å²) in [4.78, 5) is 14.8. The van der Waals surface area contributed by atoms with Crippen molar-refractivity contribution in [2.75, 3.05) is 0 Å². The number of pyridine rings is 1. The van der Waals surface area contributed by atoms with Gasteiger partial charge in [-0.25, -0.2) is 0 Å². The number of aromatic nitrogens is 3. The summed E-state index contributed by atoms with van der Waals surface area (Å²) in [7, 11) is 1.69. The van der Waals surface area contributed by atoms with E-state index in [0.717, 1.165) is 5.56 Å². The van der Waals surface area contributed by atoms with Crippen molar-refractivity contribution in [3.8, 4) is 11.3 Å². The second kappa shape index (κ2) is 3.82. The molecular formula is C10H8ClN3O. The number of hydrogen-bond acceptors (Lipinski definition) is 3. The lowest BCUT2D eigenvalue weighted by molar-refractivity contribution is 0.112. The lowest BCUT2D eigenvalue weighted by atomic mass is 10.1. The molecule has 15 heavy (non-hydrogen) atoms. The molecule has 0 unspecified atom stereocenters. The van der Waals surface area contributed by atoms with E-state index in [1.165, 1.54) is 4.68 Å². The maximum Gasteiger partial charge on any atom is 0.155 e. The van der Waals surface area contributed by atoms with E-state index in [4.69, 9.17) is 11.6 Å². The zero-order valence-corrected chi connectivity index (χ0v) is 8.77. The minimum absolute atomic E-state index is 0.337. The minimum Gasteiger partial charge on any atom is -0.298 e. The molecule has 0 saturated heterocycles. The Labute approximate surface area is 91.5 Å². The molecule has 76 valence electrons. The summed E-state index contributed by atoms with van der Waals surface area (Å²) in [6.07, 6.45) is 4.01. The third kappa shape index (κ3) is 1.64. The van der Waals surface area contributed by atoms with Crippen LogP contribution >= 0.6 is 11.6 Å². The van der Waals surface area contributed by atoms with Crippen LogP contribution in [0, 0.1) is 0 Å². The maximum absolute atomic E-state index is 10.9. The van der Waals surface area contributed by atoms with Gasteiger partial charge in [-0.15, -0.1) is 0 Å². The van der Waals surface area contributed by atoms with Crippen LogP contribution in [0.1, 0.15) is 10.4 Å². The van der Waals surface area contributed by atoms with Gasteiger partial charge in [-0.2, -0.15) is 5.10 Å². The third-order valence-corrected chi connectivity index (χ3v) is 2.51. The highest BCUT2D eigenvalue weighted by atomic mass is 35.5. The average Bonchev–Trinajstić information content (AvgIpc) is 2.56. The van der Waals surface area contributed by atoms with Gasteiger partial charge in [-0.1, -0.05) is 11.6 Å². The van der Waals surface area contributed by atoms with Gasteiger partial charge in [0.25, 0.3) is 0 Å². The molecule has 0 spiro atoms. The number of carbonyl (C=O) groups is 1. The summed E-state index contributed by atoms with van der Waals surface area (Å²) in [5, 5.41) is 4.50. The first kappa shape index (κ1) is 9.86. The second-order valence-electron chi connectivity index (χ2n) is 3.04. The Morgan fingerprint density at radius 1 is 1.53 bits per heavy atom. The van der Waals surface area contributed by atoms with Gasteiger partial charge in [0.05, 0.1) is 5.56 Å². The molecule has 2 aromatic heterocycles. The van der Waals surface area contributed by atoms with Gasteiger partial charge < -0.3 is 0 Å². The predicted octanol–water partition coefficient (Wildman–Crippen LogP) is 1.95. The second-order valence-corrected chi connectivity index (χ2v) is 3.39. The van der Waals surface area contributed by atoms with Gasteiger partial charge in [0.1, 0.15) is 10.8 Å². The molecule has 0 atom stereocenters. The SMILES string of the molecule is Cn1nc(-c2cccnc2)c(C=O)c1Cl. The van der Waals surface area contributed by atoms with E-state index in [0.29, 0.717) is 22.7 Å². The molecule has 0 aliphatic carbocycles. The van der Waals surface area contributed by atoms with Crippen molar-refractivity contribution in [2.24, 2.45) is 7.05 Å². The summed E-state index contributed by atoms with van der Waals surface area (Å²) in [5.74, 6) is 0. The minimum atomic E-state index is 0.337. The van der Waals surface area contributed by atoms with Crippen LogP contribution in [0.2, 0.25) is 5.15 Å². The van der Waals surface area contributed by atoms with Crippen LogP contribution in [0.25, 0.3) is 11.3 Å². The quantitative estimate of drug-likeness (QED) is 0.729. The van der Waals surface area contributed by atoms with Crippen molar-refractivity contribution in [1.82, 2.24) is 14.8 Å². The van der Waals surface area contributed by atoms with Crippen molar-refractivity contribution < 1.29 is 4.79 Å². The fraction of sp³-hybridized carbons (Fsp3) is 0.100. The van der Waals surface area contributed by atoms with Crippen LogP contribution in [0.5, 0.6) is 0 Å². The molecule has 0 bridgehead atoms. The standard InChI is InChI=1S/C10H8ClN3O/c1-14-10(11)8(6-15)9(13-14)7-3-2-4-12-5-7/h2-6H,1H3. The first-order valence-electron chi connectivity index (χ1n) is 4.32. The number of halogens is 1. The Bertz CT molecular complexity index is 493. The molecule has 0 fully saturated rings. The zero-order valence-electron chi connectivity index (χ0n) is 8.01. The van der Waals surface area contributed by atoms with Crippen LogP contribution in [0.4, 0.5) is 0 Å². The van der Waals surface area contributed by atoms with Crippen LogP contribution in [0.3, 0.4) is 0 Å². The molecule has 0 aliphatic rings. The smallest absolute Gasteiger partial charge is 0.155 e. The van der Waals surface area contributed by atoms with Gasteiger partial charge in [0.15, 0.2) is 6.29 Å². The van der Waals surface area contributed by atoms with Crippen LogP contribution in [-0.2, 0) is 7.05 Å². The van der Waals surface area contributed by atoms with Crippen molar-refractivity contribution in [2.45, 2.75) is 0 Å². The molecule has 5 heteroatoms. The van der Waals surface area contributed by atoms with E-state index in [-0.39, 0.29) is 0 Å². The number of aldehydes is 1. The molecule has 0 amide bonds. The van der Waals surface area contributed by atoms with Crippen LogP contribution in [-0.4, -0.2) is 21.1 Å². The first-order chi connectivity index (χ1) is 7.24. The summed E-state index contributed by atoms with van der Waals surface area (Å²) in [6.45, 7) is 0. The molecule has 0 N–H and O–H groups in total. The fourth-order valence-electron chi connectivity index (χ4n) is 1.34. The Morgan fingerprint density at radius 2 is 2.33 bits per heavy atom. The van der Waals surface area contributed by atoms with Crippen molar-refractivity contribution in [1.29, 1.82) is 0 Å². The number of rotatable bonds is 2. The van der Waals surface area contributed by atoms with Gasteiger partial charge in [-0.05, 0) is 12.1 Å². The van der Waals surface area contributed by atoms with E-state index < -0.39 is 0 Å². The summed E-state index contributed by atoms with van der Waals surface area (Å²) < 4.78 is 1.47. The monoisotopic (exact) mass is 221 g/mol. The molecule has 0 saturated carbocycles. The normalized spacial score (nSPS) is 10.3. The highest BCUT2D eigenvalue weighted by molar-refractivity contribution is 6.32. The van der Waals surface area contributed by atoms with E-state index in [1.54, 1.807) is 25.5 Å². The molecular weight excluding hydrogens is 214 g/mol. The molecule has 2 rings (SSSR count). The highest BCUT2D eigenvalue weighted by Gasteiger charge is 2.15. The van der Waals surface area contributed by atoms with Crippen LogP contribution < -0.4 is 0 Å². The number of carbonyl (C=O) groups excluding carboxylic acids is 1. The molecule has 4 nitrogen and oxygen atoms in total. The average molecular weight is 222 g/mol. The van der Waals surface area contributed by atoms with Gasteiger partial charge in [-0.3, -0.25) is 14.5 Å². The van der Waals surface area contributed by atoms with E-state index in [2.05, 4.69) is 10.1 Å². The molecule has 2 aromatic rings. The molecule has 2 heterocycles. The van der Waals surface area contributed by atoms with Gasteiger partial charge in [0, 0.05) is 25.0 Å². The predicted molar refractivity (Wildman–Crippen MR) is 56.8 cm³/mol. The molecule has 0 aromatic carbocycles. The number of hydrogen-bond donors (Lipinski definition) is 0. The van der Waals surface area contributed by atoms with Crippen molar-refractivity contribution in [3.63, 3.8) is 0 Å². The summed E-state index contributed by atoms with van der Waals surface area (Å²) in [5.41, 5.74) is 1.74. The lowest BCUT2D eigenvalue weighted by Crippen LogP contribution is -1.89. The van der Waals surface area contributed by atoms with Crippen molar-refractivity contribution in [3.05, 3.63) is 35.2 Å². The largest absolute Gasteiger partial charge is 0.298 e. The number of nitrogens with zero attached hydrogens (tertiary/aromatic N) is 3. The van der Waals surface area contributed by atoms with E-state index >= 15 is 0 Å². The topological polar surface area (TPSA) is 47.8 Å². The Balaban J connectivity index is 2.63.